The lowest BCUT2D eigenvalue weighted by Crippen LogP contribution is -2.46. The maximum atomic E-state index is 13.2. The van der Waals surface area contributed by atoms with Crippen LogP contribution in [0.3, 0.4) is 0 Å². The zero-order valence-corrected chi connectivity index (χ0v) is 43.0. The number of esters is 1. The Hall–Kier alpha value is -3.22. The fraction of sp³-hybridized carbons (Fsp3) is 0.700. The highest BCUT2D eigenvalue weighted by Gasteiger charge is 2.24. The second-order valence-electron chi connectivity index (χ2n) is 18.4. The molecule has 0 aromatic rings. The molecule has 66 heavy (non-hydrogen) atoms. The molecular weight excluding hydrogens is 815 g/mol. The van der Waals surface area contributed by atoms with Crippen LogP contribution in [0.4, 0.5) is 0 Å². The van der Waals surface area contributed by atoms with Crippen LogP contribution in [0, 0.1) is 0 Å². The molecule has 3 atom stereocenters. The largest absolute Gasteiger partial charge is 0.462 e. The van der Waals surface area contributed by atoms with Gasteiger partial charge >= 0.3 is 5.97 Å². The Morgan fingerprint density at radius 2 is 0.909 bits per heavy atom. The molecule has 0 rings (SSSR count). The smallest absolute Gasteiger partial charge is 0.306 e. The zero-order chi connectivity index (χ0) is 48.1. The maximum absolute atomic E-state index is 13.2. The lowest BCUT2D eigenvalue weighted by atomic mass is 10.0. The van der Waals surface area contributed by atoms with E-state index in [4.69, 9.17) is 4.74 Å². The van der Waals surface area contributed by atoms with Crippen LogP contribution in [0.25, 0.3) is 0 Å². The van der Waals surface area contributed by atoms with E-state index < -0.39 is 18.2 Å². The van der Waals surface area contributed by atoms with E-state index in [9.17, 15) is 19.8 Å². The summed E-state index contributed by atoms with van der Waals surface area (Å²) in [6, 6.07) is -0.726. The molecule has 6 nitrogen and oxygen atoms in total. The van der Waals surface area contributed by atoms with Gasteiger partial charge in [-0.15, -0.1) is 0 Å². The van der Waals surface area contributed by atoms with Crippen LogP contribution >= 0.6 is 0 Å². The van der Waals surface area contributed by atoms with E-state index in [1.165, 1.54) is 96.3 Å². The van der Waals surface area contributed by atoms with Gasteiger partial charge in [0.1, 0.15) is 6.10 Å². The van der Waals surface area contributed by atoms with Gasteiger partial charge in [0.2, 0.25) is 5.91 Å². The highest BCUT2D eigenvalue weighted by Crippen LogP contribution is 2.17. The molecule has 0 radical (unpaired) electrons. The van der Waals surface area contributed by atoms with E-state index in [0.29, 0.717) is 19.3 Å². The lowest BCUT2D eigenvalue weighted by Gasteiger charge is -2.24. The van der Waals surface area contributed by atoms with Crippen LogP contribution in [0.15, 0.2) is 97.2 Å². The van der Waals surface area contributed by atoms with Crippen LogP contribution in [-0.4, -0.2) is 46.9 Å². The van der Waals surface area contributed by atoms with Gasteiger partial charge < -0.3 is 20.3 Å². The Bertz CT molecular complexity index is 1310. The van der Waals surface area contributed by atoms with Crippen molar-refractivity contribution in [2.75, 3.05) is 6.61 Å². The third-order valence-electron chi connectivity index (χ3n) is 12.0. The second-order valence-corrected chi connectivity index (χ2v) is 18.4. The second kappa shape index (κ2) is 52.7. The molecular formula is C60H103NO5. The van der Waals surface area contributed by atoms with Crippen molar-refractivity contribution < 1.29 is 24.5 Å². The number of carbonyl (C=O) groups excluding carboxylic acids is 2. The van der Waals surface area contributed by atoms with Gasteiger partial charge in [-0.3, -0.25) is 9.59 Å². The topological polar surface area (TPSA) is 95.9 Å². The molecule has 0 fully saturated rings. The Labute approximate surface area is 407 Å². The summed E-state index contributed by atoms with van der Waals surface area (Å²) in [7, 11) is 0. The molecule has 6 heteroatoms. The first-order valence-corrected chi connectivity index (χ1v) is 27.5. The first-order chi connectivity index (χ1) is 32.5. The fourth-order valence-electron chi connectivity index (χ4n) is 7.89. The molecule has 0 heterocycles. The van der Waals surface area contributed by atoms with Gasteiger partial charge in [0.25, 0.3) is 0 Å². The number of allylic oxidation sites excluding steroid dienone is 16. The van der Waals surface area contributed by atoms with E-state index >= 15 is 0 Å². The summed E-state index contributed by atoms with van der Waals surface area (Å²) in [5.41, 5.74) is 0. The third kappa shape index (κ3) is 47.3. The lowest BCUT2D eigenvalue weighted by molar-refractivity contribution is -0.151. The highest BCUT2D eigenvalue weighted by atomic mass is 16.5. The van der Waals surface area contributed by atoms with E-state index in [0.717, 1.165) is 103 Å². The zero-order valence-electron chi connectivity index (χ0n) is 43.0. The number of unbranched alkanes of at least 4 members (excludes halogenated alkanes) is 24. The molecule has 3 N–H and O–H groups in total. The van der Waals surface area contributed by atoms with E-state index in [1.807, 2.05) is 24.3 Å². The Kier molecular flexibility index (Phi) is 50.2. The van der Waals surface area contributed by atoms with Crippen LogP contribution in [0.1, 0.15) is 245 Å². The SMILES string of the molecule is CC/C=C/C/C=C/C/C=C/CCCCC(CC(=O)NC(CO)C(O)CCCCCCCCCCCCCCCCCCC)OC(=O)CCCCCCC/C=C/C=C/C=C/C=C/C=C/CCC. The first-order valence-electron chi connectivity index (χ1n) is 27.5. The van der Waals surface area contributed by atoms with E-state index in [2.05, 4.69) is 99.0 Å². The van der Waals surface area contributed by atoms with Gasteiger partial charge in [0, 0.05) is 6.42 Å². The molecule has 0 bridgehead atoms. The normalized spacial score (nSPS) is 14.0. The van der Waals surface area contributed by atoms with Crippen molar-refractivity contribution in [3.8, 4) is 0 Å². The average molecular weight is 918 g/mol. The summed E-state index contributed by atoms with van der Waals surface area (Å²) >= 11 is 0. The van der Waals surface area contributed by atoms with Crippen LogP contribution in [-0.2, 0) is 14.3 Å². The molecule has 0 aliphatic carbocycles. The van der Waals surface area contributed by atoms with Gasteiger partial charge in [0.15, 0.2) is 0 Å². The first kappa shape index (κ1) is 62.8. The number of amides is 1. The standard InChI is InChI=1S/C60H103NO5/c1-4-7-10-13-16-19-22-25-27-29-31-33-35-38-41-44-47-50-53-60(65)66-56(51-48-45-42-39-36-24-21-18-15-12-9-6-3)54-59(64)61-57(55-62)58(63)52-49-46-43-40-37-34-32-30-28-26-23-20-17-14-11-8-5-2/h9-10,12-13,16,18-19,21-22,25,27,29,31,33,36,39,56-58,62-63H,4-8,11,14-15,17,20,23-24,26,28,30,32,34-35,37-38,40-55H2,1-3H3,(H,61,64)/b12-9+,13-10+,19-16+,21-18+,25-22+,29-27+,33-31+,39-36+. The number of hydrogen-bond donors (Lipinski definition) is 3. The van der Waals surface area contributed by atoms with Crippen molar-refractivity contribution in [2.45, 2.75) is 264 Å². The summed E-state index contributed by atoms with van der Waals surface area (Å²) in [5, 5.41) is 23.8. The molecule has 3 unspecified atom stereocenters. The van der Waals surface area contributed by atoms with E-state index in [1.54, 1.807) is 0 Å². The summed E-state index contributed by atoms with van der Waals surface area (Å²) in [4.78, 5) is 26.2. The molecule has 0 aliphatic heterocycles. The van der Waals surface area contributed by atoms with Crippen LogP contribution in [0.5, 0.6) is 0 Å². The minimum Gasteiger partial charge on any atom is -0.462 e. The molecule has 1 amide bonds. The van der Waals surface area contributed by atoms with Crippen molar-refractivity contribution in [3.05, 3.63) is 97.2 Å². The molecule has 0 saturated carbocycles. The van der Waals surface area contributed by atoms with Gasteiger partial charge in [-0.25, -0.2) is 0 Å². The van der Waals surface area contributed by atoms with Crippen molar-refractivity contribution in [1.29, 1.82) is 0 Å². The number of nitrogens with one attached hydrogen (secondary N) is 1. The van der Waals surface area contributed by atoms with Crippen molar-refractivity contribution in [2.24, 2.45) is 0 Å². The number of hydrogen-bond acceptors (Lipinski definition) is 5. The fourth-order valence-corrected chi connectivity index (χ4v) is 7.89. The molecule has 0 saturated heterocycles. The summed E-state index contributed by atoms with van der Waals surface area (Å²) in [5.74, 6) is -0.546. The Balaban J connectivity index is 4.60. The van der Waals surface area contributed by atoms with Crippen molar-refractivity contribution in [3.63, 3.8) is 0 Å². The Morgan fingerprint density at radius 3 is 1.45 bits per heavy atom. The van der Waals surface area contributed by atoms with Gasteiger partial charge in [-0.2, -0.15) is 0 Å². The molecule has 0 spiro atoms. The van der Waals surface area contributed by atoms with Gasteiger partial charge in [-0.1, -0.05) is 253 Å². The van der Waals surface area contributed by atoms with Crippen LogP contribution in [0.2, 0.25) is 0 Å². The summed E-state index contributed by atoms with van der Waals surface area (Å²) < 4.78 is 5.91. The highest BCUT2D eigenvalue weighted by molar-refractivity contribution is 5.77. The maximum Gasteiger partial charge on any atom is 0.306 e. The monoisotopic (exact) mass is 918 g/mol. The number of ether oxygens (including phenoxy) is 1. The van der Waals surface area contributed by atoms with Crippen molar-refractivity contribution in [1.82, 2.24) is 5.32 Å². The van der Waals surface area contributed by atoms with E-state index in [-0.39, 0.29) is 24.9 Å². The Morgan fingerprint density at radius 1 is 0.470 bits per heavy atom. The molecule has 0 aromatic heterocycles. The number of aliphatic hydroxyl groups is 2. The number of rotatable bonds is 48. The molecule has 0 aliphatic rings. The van der Waals surface area contributed by atoms with Crippen LogP contribution < -0.4 is 5.32 Å². The number of aliphatic hydroxyl groups excluding tert-OH is 2. The quantitative estimate of drug-likeness (QED) is 0.0245. The average Bonchev–Trinajstić information content (AvgIpc) is 3.31. The predicted molar refractivity (Wildman–Crippen MR) is 287 cm³/mol. The molecule has 378 valence electrons. The third-order valence-corrected chi connectivity index (χ3v) is 12.0. The minimum absolute atomic E-state index is 0.0357. The summed E-state index contributed by atoms with van der Waals surface area (Å²) in [6.45, 7) is 6.27. The minimum atomic E-state index is -0.809. The summed E-state index contributed by atoms with van der Waals surface area (Å²) in [6.07, 6.45) is 70.4. The predicted octanol–water partition coefficient (Wildman–Crippen LogP) is 16.9. The van der Waals surface area contributed by atoms with Gasteiger partial charge in [0.05, 0.1) is 25.2 Å². The molecule has 0 aromatic carbocycles. The van der Waals surface area contributed by atoms with Crippen molar-refractivity contribution >= 4 is 11.9 Å². The van der Waals surface area contributed by atoms with Gasteiger partial charge in [-0.05, 0) is 77.0 Å². The number of carbonyl (C=O) groups is 2.